The van der Waals surface area contributed by atoms with Gasteiger partial charge >= 0.3 is 0 Å². The van der Waals surface area contributed by atoms with Crippen molar-refractivity contribution in [2.45, 2.75) is 51.7 Å². The van der Waals surface area contributed by atoms with E-state index in [-0.39, 0.29) is 10.8 Å². The van der Waals surface area contributed by atoms with Crippen LogP contribution >= 0.6 is 0 Å². The van der Waals surface area contributed by atoms with E-state index in [2.05, 4.69) is 33.9 Å². The predicted molar refractivity (Wildman–Crippen MR) is 65.7 cm³/mol. The van der Waals surface area contributed by atoms with Gasteiger partial charge in [0.1, 0.15) is 12.0 Å². The van der Waals surface area contributed by atoms with Crippen molar-refractivity contribution in [3.63, 3.8) is 0 Å². The lowest BCUT2D eigenvalue weighted by Gasteiger charge is -2.36. The quantitative estimate of drug-likeness (QED) is 0.431. The molecule has 15 heavy (non-hydrogen) atoms. The van der Waals surface area contributed by atoms with E-state index in [1.807, 2.05) is 0 Å². The summed E-state index contributed by atoms with van der Waals surface area (Å²) in [6.45, 7) is 11.6. The molecule has 0 saturated carbocycles. The van der Waals surface area contributed by atoms with E-state index in [0.717, 1.165) is 12.7 Å². The largest absolute Gasteiger partial charge is 0.512 e. The number of aliphatic hydroxyl groups is 2. The molecule has 0 unspecified atom stereocenters. The zero-order chi connectivity index (χ0) is 12.1. The Labute approximate surface area is 93.9 Å². The van der Waals surface area contributed by atoms with E-state index >= 15 is 0 Å². The Morgan fingerprint density at radius 1 is 1.33 bits per heavy atom. The van der Waals surface area contributed by atoms with Gasteiger partial charge in [-0.25, -0.2) is 0 Å². The average molecular weight is 232 g/mol. The van der Waals surface area contributed by atoms with Crippen LogP contribution in [-0.2, 0) is 4.43 Å². The van der Waals surface area contributed by atoms with Crippen LogP contribution in [0.1, 0.15) is 33.6 Å². The van der Waals surface area contributed by atoms with Crippen molar-refractivity contribution >= 4 is 8.32 Å². The van der Waals surface area contributed by atoms with Crippen molar-refractivity contribution in [2.24, 2.45) is 0 Å². The first-order valence-corrected chi connectivity index (χ1v) is 8.28. The van der Waals surface area contributed by atoms with Crippen molar-refractivity contribution < 1.29 is 14.6 Å². The third kappa shape index (κ3) is 5.23. The third-order valence-corrected chi connectivity index (χ3v) is 7.53. The molecule has 0 rings (SSSR count). The molecule has 0 aliphatic carbocycles. The lowest BCUT2D eigenvalue weighted by atomic mass is 10.2. The second-order valence-corrected chi connectivity index (χ2v) is 10.1. The van der Waals surface area contributed by atoms with Crippen LogP contribution in [-0.4, -0.2) is 25.1 Å². The second-order valence-electron chi connectivity index (χ2n) is 5.33. The number of hydrogen-bond acceptors (Lipinski definition) is 3. The van der Waals surface area contributed by atoms with Crippen LogP contribution in [0.5, 0.6) is 0 Å². The van der Waals surface area contributed by atoms with E-state index in [0.29, 0.717) is 13.0 Å². The summed E-state index contributed by atoms with van der Waals surface area (Å²) >= 11 is 0. The van der Waals surface area contributed by atoms with Crippen molar-refractivity contribution in [3.05, 3.63) is 12.0 Å². The molecule has 0 saturated heterocycles. The van der Waals surface area contributed by atoms with Gasteiger partial charge < -0.3 is 14.6 Å². The van der Waals surface area contributed by atoms with Gasteiger partial charge in [0.2, 0.25) is 0 Å². The van der Waals surface area contributed by atoms with Crippen molar-refractivity contribution in [1.29, 1.82) is 0 Å². The summed E-state index contributed by atoms with van der Waals surface area (Å²) < 4.78 is 5.91. The van der Waals surface area contributed by atoms with Crippen molar-refractivity contribution in [1.82, 2.24) is 0 Å². The molecule has 3 nitrogen and oxygen atoms in total. The lowest BCUT2D eigenvalue weighted by molar-refractivity contribution is 0.267. The number of rotatable bonds is 5. The van der Waals surface area contributed by atoms with E-state index in [4.69, 9.17) is 14.6 Å². The summed E-state index contributed by atoms with van der Waals surface area (Å²) in [6.07, 6.45) is 1.97. The highest BCUT2D eigenvalue weighted by atomic mass is 28.4. The first-order chi connectivity index (χ1) is 6.70. The third-order valence-electron chi connectivity index (χ3n) is 3.00. The molecule has 0 aliphatic heterocycles. The fraction of sp³-hybridized carbons (Fsp3) is 0.818. The smallest absolute Gasteiger partial charge is 0.191 e. The molecule has 0 aromatic carbocycles. The van der Waals surface area contributed by atoms with Gasteiger partial charge in [-0.2, -0.15) is 0 Å². The first-order valence-electron chi connectivity index (χ1n) is 5.37. The Morgan fingerprint density at radius 3 is 2.27 bits per heavy atom. The summed E-state index contributed by atoms with van der Waals surface area (Å²) in [5.74, 6) is 0.0221. The average Bonchev–Trinajstić information content (AvgIpc) is 2.10. The molecule has 0 spiro atoms. The number of hydrogen-bond donors (Lipinski definition) is 2. The van der Waals surface area contributed by atoms with Crippen molar-refractivity contribution in [3.8, 4) is 0 Å². The number of aliphatic hydroxyl groups excluding tert-OH is 2. The molecule has 0 aliphatic rings. The Balaban J connectivity index is 3.87. The van der Waals surface area contributed by atoms with Gasteiger partial charge in [0.25, 0.3) is 0 Å². The molecule has 0 fully saturated rings. The highest BCUT2D eigenvalue weighted by Gasteiger charge is 2.36. The molecule has 0 atom stereocenters. The minimum atomic E-state index is -1.65. The Hall–Kier alpha value is -0.483. The second kappa shape index (κ2) is 5.56. The predicted octanol–water partition coefficient (Wildman–Crippen LogP) is 3.75. The van der Waals surface area contributed by atoms with Gasteiger partial charge in [-0.3, -0.25) is 0 Å². The molecular formula is C11H24O3Si. The zero-order valence-corrected chi connectivity index (χ0v) is 11.5. The molecule has 0 aromatic rings. The first kappa shape index (κ1) is 14.5. The van der Waals surface area contributed by atoms with Crippen LogP contribution in [0.15, 0.2) is 12.0 Å². The van der Waals surface area contributed by atoms with Gasteiger partial charge in [-0.1, -0.05) is 20.8 Å². The van der Waals surface area contributed by atoms with Crippen LogP contribution in [0.4, 0.5) is 0 Å². The summed E-state index contributed by atoms with van der Waals surface area (Å²) in [7, 11) is -1.65. The van der Waals surface area contributed by atoms with E-state index in [1.165, 1.54) is 0 Å². The highest BCUT2D eigenvalue weighted by Crippen LogP contribution is 2.36. The maximum Gasteiger partial charge on any atom is 0.191 e. The van der Waals surface area contributed by atoms with Gasteiger partial charge in [0.05, 0.1) is 0 Å². The van der Waals surface area contributed by atoms with Gasteiger partial charge in [-0.15, -0.1) is 0 Å². The van der Waals surface area contributed by atoms with Gasteiger partial charge in [0.15, 0.2) is 8.32 Å². The molecule has 0 radical (unpaired) electrons. The molecular weight excluding hydrogens is 208 g/mol. The van der Waals surface area contributed by atoms with Crippen LogP contribution in [0.2, 0.25) is 18.1 Å². The van der Waals surface area contributed by atoms with E-state index in [1.54, 1.807) is 0 Å². The highest BCUT2D eigenvalue weighted by molar-refractivity contribution is 6.74. The van der Waals surface area contributed by atoms with E-state index < -0.39 is 8.32 Å². The van der Waals surface area contributed by atoms with Gasteiger partial charge in [0, 0.05) is 13.0 Å². The molecule has 2 N–H and O–H groups in total. The molecule has 90 valence electrons. The zero-order valence-electron chi connectivity index (χ0n) is 10.5. The minimum absolute atomic E-state index is 0.0221. The van der Waals surface area contributed by atoms with Crippen LogP contribution in [0.3, 0.4) is 0 Å². The molecule has 0 heterocycles. The Bertz CT molecular complexity index is 216. The fourth-order valence-electron chi connectivity index (χ4n) is 0.862. The monoisotopic (exact) mass is 232 g/mol. The van der Waals surface area contributed by atoms with Gasteiger partial charge in [-0.05, 0) is 24.6 Å². The Kier molecular flexibility index (Phi) is 5.38. The molecule has 0 amide bonds. The molecule has 0 bridgehead atoms. The Morgan fingerprint density at radius 2 is 1.87 bits per heavy atom. The maximum atomic E-state index is 9.01. The summed E-state index contributed by atoms with van der Waals surface area (Å²) in [5, 5.41) is 17.7. The standard InChI is InChI=1S/C11H24O3Si/c1-11(2,3)15(4,5)14-8-6-7-10(13)9-12/h9,12-13H,6-8H2,1-5H3. The summed E-state index contributed by atoms with van der Waals surface area (Å²) in [4.78, 5) is 0. The minimum Gasteiger partial charge on any atom is -0.512 e. The van der Waals surface area contributed by atoms with Crippen LogP contribution in [0.25, 0.3) is 0 Å². The molecule has 4 heteroatoms. The topological polar surface area (TPSA) is 49.7 Å². The fourth-order valence-corrected chi connectivity index (χ4v) is 1.95. The van der Waals surface area contributed by atoms with Crippen LogP contribution in [0, 0.1) is 0 Å². The molecule has 0 aromatic heterocycles. The summed E-state index contributed by atoms with van der Waals surface area (Å²) in [6, 6.07) is 0. The summed E-state index contributed by atoms with van der Waals surface area (Å²) in [5.41, 5.74) is 0. The lowest BCUT2D eigenvalue weighted by Crippen LogP contribution is -2.40. The maximum absolute atomic E-state index is 9.01. The van der Waals surface area contributed by atoms with E-state index in [9.17, 15) is 0 Å². The normalized spacial score (nSPS) is 14.3. The SMILES string of the molecule is CC(C)(C)[Si](C)(C)OCCCC(O)=CO. The van der Waals surface area contributed by atoms with Crippen LogP contribution < -0.4 is 0 Å². The van der Waals surface area contributed by atoms with Crippen molar-refractivity contribution in [2.75, 3.05) is 6.61 Å². The number of allylic oxidation sites excluding steroid dienone is 1.